The minimum Gasteiger partial charge on any atom is -0.465 e. The Hall–Kier alpha value is -4.13. The number of rotatable bonds is 7. The predicted octanol–water partition coefficient (Wildman–Crippen LogP) is 4.75. The van der Waals surface area contributed by atoms with E-state index in [9.17, 15) is 14.3 Å². The highest BCUT2D eigenvalue weighted by atomic mass is 32.1. The van der Waals surface area contributed by atoms with Gasteiger partial charge >= 0.3 is 6.09 Å². The molecule has 3 aromatic heterocycles. The first-order valence-corrected chi connectivity index (χ1v) is 13.3. The van der Waals surface area contributed by atoms with Gasteiger partial charge in [0.25, 0.3) is 0 Å². The second-order valence-corrected chi connectivity index (χ2v) is 10.3. The van der Waals surface area contributed by atoms with Gasteiger partial charge < -0.3 is 20.5 Å². The van der Waals surface area contributed by atoms with Gasteiger partial charge in [0, 0.05) is 24.2 Å². The van der Waals surface area contributed by atoms with Crippen LogP contribution in [-0.4, -0.2) is 63.3 Å². The van der Waals surface area contributed by atoms with Gasteiger partial charge in [-0.05, 0) is 48.4 Å². The fraction of sp³-hybridized carbons (Fsp3) is 0.259. The molecule has 0 saturated carbocycles. The van der Waals surface area contributed by atoms with Gasteiger partial charge in [0.2, 0.25) is 0 Å². The molecule has 0 radical (unpaired) electrons. The lowest BCUT2D eigenvalue weighted by Crippen LogP contribution is -2.46. The number of amides is 1. The number of thiophene rings is 1. The van der Waals surface area contributed by atoms with E-state index in [2.05, 4.69) is 25.7 Å². The highest BCUT2D eigenvalue weighted by molar-refractivity contribution is 7.23. The Kier molecular flexibility index (Phi) is 6.81. The zero-order valence-electron chi connectivity index (χ0n) is 21.1. The second-order valence-electron chi connectivity index (χ2n) is 9.36. The largest absolute Gasteiger partial charge is 0.465 e. The van der Waals surface area contributed by atoms with Gasteiger partial charge in [-0.15, -0.1) is 0 Å². The smallest absolute Gasteiger partial charge is 0.412 e. The molecule has 1 saturated heterocycles. The van der Waals surface area contributed by atoms with E-state index < -0.39 is 6.09 Å². The molecule has 2 aromatic carbocycles. The van der Waals surface area contributed by atoms with Gasteiger partial charge in [-0.25, -0.2) is 19.2 Å². The summed E-state index contributed by atoms with van der Waals surface area (Å²) >= 11 is 1.32. The van der Waals surface area contributed by atoms with Crippen molar-refractivity contribution in [3.8, 4) is 0 Å². The molecular weight excluding hydrogens is 521 g/mol. The summed E-state index contributed by atoms with van der Waals surface area (Å²) < 4.78 is 21.2. The summed E-state index contributed by atoms with van der Waals surface area (Å²) in [7, 11) is 0. The first-order chi connectivity index (χ1) is 19.0. The van der Waals surface area contributed by atoms with E-state index in [1.807, 2.05) is 35.9 Å². The van der Waals surface area contributed by atoms with Crippen LogP contribution in [0.5, 0.6) is 0 Å². The van der Waals surface area contributed by atoms with Crippen LogP contribution in [-0.2, 0) is 11.3 Å². The van der Waals surface area contributed by atoms with Crippen LogP contribution >= 0.6 is 11.3 Å². The number of ether oxygens (including phenoxy) is 1. The number of benzene rings is 2. The molecule has 3 N–H and O–H groups in total. The van der Waals surface area contributed by atoms with Gasteiger partial charge in [0.05, 0.1) is 42.9 Å². The minimum atomic E-state index is -1.04. The third-order valence-electron chi connectivity index (χ3n) is 6.69. The third kappa shape index (κ3) is 5.13. The van der Waals surface area contributed by atoms with Crippen LogP contribution in [0.25, 0.3) is 21.1 Å². The summed E-state index contributed by atoms with van der Waals surface area (Å²) in [6, 6.07) is 12.3. The van der Waals surface area contributed by atoms with Gasteiger partial charge in [0.1, 0.15) is 27.8 Å². The number of carboxylic acid groups (broad SMARTS) is 1. The van der Waals surface area contributed by atoms with E-state index >= 15 is 0 Å². The molecule has 1 fully saturated rings. The van der Waals surface area contributed by atoms with Crippen molar-refractivity contribution in [1.29, 1.82) is 0 Å². The standard InChI is InChI=1S/C27H26FN7O3S/c1-16-23-24(30-15-31-25(23)39-26(16)34(27(36)37)14-21-12-29-7-8-38-21)33-20-5-6-22-18(10-20)11-32-35(22)13-17-3-2-4-19(28)9-17/h2-6,9-11,15,21,29H,7-8,12-14H2,1H3,(H,36,37)(H,30,31,33). The maximum absolute atomic E-state index is 13.6. The Labute approximate surface area is 227 Å². The molecule has 39 heavy (non-hydrogen) atoms. The maximum Gasteiger partial charge on any atom is 0.412 e. The van der Waals surface area contributed by atoms with Crippen LogP contribution < -0.4 is 15.5 Å². The molecule has 6 rings (SSSR count). The van der Waals surface area contributed by atoms with Gasteiger partial charge in [0.15, 0.2) is 0 Å². The number of morpholine rings is 1. The molecule has 1 aliphatic heterocycles. The Morgan fingerprint density at radius 3 is 3.00 bits per heavy atom. The van der Waals surface area contributed by atoms with Gasteiger partial charge in [-0.3, -0.25) is 9.58 Å². The lowest BCUT2D eigenvalue weighted by atomic mass is 10.2. The molecule has 4 heterocycles. The Bertz CT molecular complexity index is 1660. The van der Waals surface area contributed by atoms with E-state index in [0.29, 0.717) is 35.3 Å². The molecule has 10 nitrogen and oxygen atoms in total. The number of carbonyl (C=O) groups is 1. The number of anilines is 3. The molecule has 1 aliphatic rings. The summed E-state index contributed by atoms with van der Waals surface area (Å²) in [5.74, 6) is 0.316. The van der Waals surface area contributed by atoms with Gasteiger partial charge in [-0.1, -0.05) is 23.5 Å². The molecule has 1 amide bonds. The summed E-state index contributed by atoms with van der Waals surface area (Å²) in [6.45, 7) is 4.48. The third-order valence-corrected chi connectivity index (χ3v) is 7.92. The van der Waals surface area contributed by atoms with Crippen LogP contribution in [0.1, 0.15) is 11.1 Å². The van der Waals surface area contributed by atoms with Crippen LogP contribution in [0.4, 0.5) is 25.7 Å². The van der Waals surface area contributed by atoms with Crippen molar-refractivity contribution >= 4 is 55.1 Å². The Balaban J connectivity index is 1.28. The van der Waals surface area contributed by atoms with Crippen molar-refractivity contribution in [2.24, 2.45) is 0 Å². The number of hydrogen-bond donors (Lipinski definition) is 3. The van der Waals surface area contributed by atoms with E-state index in [1.165, 1.54) is 34.7 Å². The number of nitrogens with zero attached hydrogens (tertiary/aromatic N) is 5. The van der Waals surface area contributed by atoms with Crippen molar-refractivity contribution < 1.29 is 19.0 Å². The first kappa shape index (κ1) is 25.2. The van der Waals surface area contributed by atoms with Crippen molar-refractivity contribution in [2.75, 3.05) is 36.5 Å². The summed E-state index contributed by atoms with van der Waals surface area (Å²) in [6.07, 6.45) is 1.98. The fourth-order valence-electron chi connectivity index (χ4n) is 4.84. The Morgan fingerprint density at radius 2 is 2.21 bits per heavy atom. The van der Waals surface area contributed by atoms with Crippen molar-refractivity contribution in [1.82, 2.24) is 25.1 Å². The summed E-state index contributed by atoms with van der Waals surface area (Å²) in [5.41, 5.74) is 3.34. The SMILES string of the molecule is Cc1c(N(CC2CNCCO2)C(=O)O)sc2ncnc(Nc3ccc4c(cnn4Cc4cccc(F)c4)c3)c12. The second kappa shape index (κ2) is 10.6. The van der Waals surface area contributed by atoms with Crippen molar-refractivity contribution in [3.63, 3.8) is 0 Å². The molecule has 0 bridgehead atoms. The molecule has 0 spiro atoms. The monoisotopic (exact) mass is 547 g/mol. The lowest BCUT2D eigenvalue weighted by Gasteiger charge is -2.28. The van der Waals surface area contributed by atoms with Crippen LogP contribution in [0.15, 0.2) is 55.0 Å². The van der Waals surface area contributed by atoms with E-state index in [0.717, 1.165) is 39.6 Å². The van der Waals surface area contributed by atoms with Gasteiger partial charge in [-0.2, -0.15) is 5.10 Å². The summed E-state index contributed by atoms with van der Waals surface area (Å²) in [4.78, 5) is 23.1. The Morgan fingerprint density at radius 1 is 1.31 bits per heavy atom. The quantitative estimate of drug-likeness (QED) is 0.267. The number of aromatic nitrogens is 4. The highest BCUT2D eigenvalue weighted by Gasteiger charge is 2.27. The normalized spacial score (nSPS) is 15.6. The topological polar surface area (TPSA) is 117 Å². The number of nitrogens with one attached hydrogen (secondary N) is 2. The maximum atomic E-state index is 13.6. The average Bonchev–Trinajstić information content (AvgIpc) is 3.48. The van der Waals surface area contributed by atoms with E-state index in [-0.39, 0.29) is 18.5 Å². The zero-order chi connectivity index (χ0) is 26.9. The number of halogens is 1. The van der Waals surface area contributed by atoms with E-state index in [4.69, 9.17) is 4.74 Å². The van der Waals surface area contributed by atoms with Crippen molar-refractivity contribution in [2.45, 2.75) is 19.6 Å². The zero-order valence-corrected chi connectivity index (χ0v) is 21.9. The highest BCUT2D eigenvalue weighted by Crippen LogP contribution is 2.40. The molecule has 12 heteroatoms. The molecule has 200 valence electrons. The van der Waals surface area contributed by atoms with E-state index in [1.54, 1.807) is 12.3 Å². The molecule has 5 aromatic rings. The number of aryl methyl sites for hydroxylation is 1. The number of hydrogen-bond acceptors (Lipinski definition) is 8. The molecule has 0 aliphatic carbocycles. The fourth-order valence-corrected chi connectivity index (χ4v) is 5.99. The molecule has 1 unspecified atom stereocenters. The average molecular weight is 548 g/mol. The molecular formula is C27H26FN7O3S. The summed E-state index contributed by atoms with van der Waals surface area (Å²) in [5, 5.41) is 23.4. The van der Waals surface area contributed by atoms with Crippen LogP contribution in [0.3, 0.4) is 0 Å². The first-order valence-electron chi connectivity index (χ1n) is 12.5. The predicted molar refractivity (Wildman–Crippen MR) is 149 cm³/mol. The minimum absolute atomic E-state index is 0.225. The lowest BCUT2D eigenvalue weighted by molar-refractivity contribution is 0.0335. The molecule has 1 atom stereocenters. The number of fused-ring (bicyclic) bond motifs is 2. The van der Waals surface area contributed by atoms with Crippen molar-refractivity contribution in [3.05, 3.63) is 71.9 Å². The van der Waals surface area contributed by atoms with Crippen LogP contribution in [0, 0.1) is 12.7 Å². The van der Waals surface area contributed by atoms with Crippen LogP contribution in [0.2, 0.25) is 0 Å².